The van der Waals surface area contributed by atoms with Crippen LogP contribution in [0, 0.1) is 0 Å². The highest BCUT2D eigenvalue weighted by molar-refractivity contribution is 6.31. The van der Waals surface area contributed by atoms with Crippen molar-refractivity contribution in [2.24, 2.45) is 0 Å². The third-order valence-electron chi connectivity index (χ3n) is 1.42. The highest BCUT2D eigenvalue weighted by Gasteiger charge is 2.02. The molecule has 13 heavy (non-hydrogen) atoms. The summed E-state index contributed by atoms with van der Waals surface area (Å²) in [4.78, 5) is 20.4. The molecule has 0 radical (unpaired) electrons. The van der Waals surface area contributed by atoms with Gasteiger partial charge in [-0.25, -0.2) is 4.79 Å². The molecule has 0 spiro atoms. The van der Waals surface area contributed by atoms with Gasteiger partial charge in [-0.05, 0) is 6.07 Å². The molecule has 0 unspecified atom stereocenters. The Bertz CT molecular complexity index is 322. The van der Waals surface area contributed by atoms with Crippen LogP contribution in [0.4, 0.5) is 0 Å². The van der Waals surface area contributed by atoms with E-state index in [0.717, 1.165) is 0 Å². The third kappa shape index (κ3) is 2.87. The van der Waals surface area contributed by atoms with E-state index in [-0.39, 0.29) is 12.9 Å². The summed E-state index contributed by atoms with van der Waals surface area (Å²) in [7, 11) is 0. The molecule has 0 atom stereocenters. The van der Waals surface area contributed by atoms with Crippen molar-refractivity contribution in [1.29, 1.82) is 0 Å². The first kappa shape index (κ1) is 9.74. The number of hydrogen-bond acceptors (Lipinski definition) is 3. The molecule has 1 rings (SSSR count). The second-order valence-corrected chi connectivity index (χ2v) is 2.72. The quantitative estimate of drug-likeness (QED) is 0.421. The van der Waals surface area contributed by atoms with E-state index in [0.29, 0.717) is 10.6 Å². The predicted molar refractivity (Wildman–Crippen MR) is 47.3 cm³/mol. The highest BCUT2D eigenvalue weighted by Crippen LogP contribution is 2.15. The lowest BCUT2D eigenvalue weighted by atomic mass is 10.2. The molecule has 1 aromatic carbocycles. The van der Waals surface area contributed by atoms with Crippen LogP contribution < -0.4 is 0 Å². The minimum Gasteiger partial charge on any atom is -0.455 e. The Morgan fingerprint density at radius 3 is 2.77 bits per heavy atom. The molecule has 0 heterocycles. The Balaban J connectivity index is 2.59. The van der Waals surface area contributed by atoms with Crippen LogP contribution in [-0.4, -0.2) is 12.3 Å². The normalized spacial score (nSPS) is 9.31. The zero-order chi connectivity index (χ0) is 9.68. The molecule has 0 bridgehead atoms. The second-order valence-electron chi connectivity index (χ2n) is 2.32. The molecule has 0 saturated heterocycles. The zero-order valence-corrected chi connectivity index (χ0v) is 7.45. The van der Waals surface area contributed by atoms with Crippen molar-refractivity contribution in [2.45, 2.75) is 6.61 Å². The van der Waals surface area contributed by atoms with Crippen LogP contribution in [0.15, 0.2) is 24.3 Å². The Hall–Kier alpha value is -1.35. The minimum absolute atomic E-state index is 0.0250. The van der Waals surface area contributed by atoms with Crippen LogP contribution in [0.25, 0.3) is 0 Å². The average Bonchev–Trinajstić information content (AvgIpc) is 2.16. The van der Waals surface area contributed by atoms with Crippen LogP contribution in [-0.2, 0) is 20.9 Å². The monoisotopic (exact) mass is 198 g/mol. The number of ether oxygens (including phenoxy) is 1. The van der Waals surface area contributed by atoms with Crippen molar-refractivity contribution in [3.05, 3.63) is 34.9 Å². The predicted octanol–water partition coefficient (Wildman–Crippen LogP) is 1.58. The second kappa shape index (κ2) is 4.62. The number of carbonyl (C=O) groups excluding carboxylic acids is 2. The van der Waals surface area contributed by atoms with Gasteiger partial charge in [0.1, 0.15) is 6.61 Å². The maximum absolute atomic E-state index is 10.5. The van der Waals surface area contributed by atoms with E-state index in [1.54, 1.807) is 24.3 Å². The summed E-state index contributed by atoms with van der Waals surface area (Å²) in [5, 5.41) is 0.515. The Morgan fingerprint density at radius 1 is 1.46 bits per heavy atom. The molecule has 0 fully saturated rings. The van der Waals surface area contributed by atoms with Gasteiger partial charge in [0.05, 0.1) is 0 Å². The van der Waals surface area contributed by atoms with Gasteiger partial charge in [0, 0.05) is 10.6 Å². The molecular weight excluding hydrogens is 192 g/mol. The number of carbonyl (C=O) groups is 2. The molecule has 0 aromatic heterocycles. The summed E-state index contributed by atoms with van der Waals surface area (Å²) in [6.45, 7) is 0.0250. The number of rotatable bonds is 3. The molecular formula is C9H7ClO3. The fraction of sp³-hybridized carbons (Fsp3) is 0.111. The summed E-state index contributed by atoms with van der Waals surface area (Å²) in [5.41, 5.74) is 0.680. The molecule has 0 amide bonds. The van der Waals surface area contributed by atoms with Gasteiger partial charge in [-0.15, -0.1) is 0 Å². The van der Waals surface area contributed by atoms with Crippen molar-refractivity contribution >= 4 is 23.9 Å². The highest BCUT2D eigenvalue weighted by atomic mass is 35.5. The van der Waals surface area contributed by atoms with Gasteiger partial charge < -0.3 is 4.74 Å². The molecule has 0 aliphatic heterocycles. The van der Waals surface area contributed by atoms with Gasteiger partial charge in [-0.2, -0.15) is 0 Å². The van der Waals surface area contributed by atoms with Gasteiger partial charge in [0.2, 0.25) is 6.29 Å². The first-order valence-corrected chi connectivity index (χ1v) is 3.97. The van der Waals surface area contributed by atoms with Gasteiger partial charge in [0.25, 0.3) is 0 Å². The average molecular weight is 199 g/mol. The smallest absolute Gasteiger partial charge is 0.371 e. The summed E-state index contributed by atoms with van der Waals surface area (Å²) in [5.74, 6) is -0.889. The molecule has 4 heteroatoms. The number of aldehydes is 1. The Morgan fingerprint density at radius 2 is 2.15 bits per heavy atom. The summed E-state index contributed by atoms with van der Waals surface area (Å²) in [6.07, 6.45) is 0.122. The van der Waals surface area contributed by atoms with Crippen molar-refractivity contribution in [1.82, 2.24) is 0 Å². The summed E-state index contributed by atoms with van der Waals surface area (Å²) < 4.78 is 4.57. The van der Waals surface area contributed by atoms with E-state index in [9.17, 15) is 9.59 Å². The molecule has 68 valence electrons. The molecule has 0 N–H and O–H groups in total. The van der Waals surface area contributed by atoms with Crippen molar-refractivity contribution in [3.63, 3.8) is 0 Å². The van der Waals surface area contributed by atoms with Crippen LogP contribution in [0.1, 0.15) is 5.56 Å². The largest absolute Gasteiger partial charge is 0.455 e. The molecule has 0 aliphatic rings. The van der Waals surface area contributed by atoms with E-state index < -0.39 is 5.97 Å². The molecule has 1 aromatic rings. The maximum atomic E-state index is 10.5. The SMILES string of the molecule is O=CC(=O)OCc1ccccc1Cl. The molecule has 3 nitrogen and oxygen atoms in total. The Kier molecular flexibility index (Phi) is 3.46. The lowest BCUT2D eigenvalue weighted by Gasteiger charge is -2.02. The van der Waals surface area contributed by atoms with Crippen LogP contribution in [0.5, 0.6) is 0 Å². The summed E-state index contributed by atoms with van der Waals surface area (Å²) in [6, 6.07) is 6.95. The topological polar surface area (TPSA) is 43.4 Å². The van der Waals surface area contributed by atoms with Gasteiger partial charge in [-0.1, -0.05) is 29.8 Å². The van der Waals surface area contributed by atoms with E-state index in [4.69, 9.17) is 11.6 Å². The van der Waals surface area contributed by atoms with Crippen LogP contribution in [0.2, 0.25) is 5.02 Å². The third-order valence-corrected chi connectivity index (χ3v) is 1.79. The summed E-state index contributed by atoms with van der Waals surface area (Å²) >= 11 is 5.77. The lowest BCUT2D eigenvalue weighted by Crippen LogP contribution is -2.05. The van der Waals surface area contributed by atoms with Gasteiger partial charge >= 0.3 is 5.97 Å². The standard InChI is InChI=1S/C9H7ClO3/c10-8-4-2-1-3-7(8)6-13-9(12)5-11/h1-5H,6H2. The van der Waals surface area contributed by atoms with Crippen molar-refractivity contribution in [2.75, 3.05) is 0 Å². The molecule has 0 saturated carbocycles. The van der Waals surface area contributed by atoms with E-state index >= 15 is 0 Å². The number of esters is 1. The fourth-order valence-corrected chi connectivity index (χ4v) is 0.989. The fourth-order valence-electron chi connectivity index (χ4n) is 0.798. The first-order valence-electron chi connectivity index (χ1n) is 3.59. The minimum atomic E-state index is -0.889. The Labute approximate surface area is 80.3 Å². The zero-order valence-electron chi connectivity index (χ0n) is 6.70. The van der Waals surface area contributed by atoms with E-state index in [1.807, 2.05) is 0 Å². The first-order chi connectivity index (χ1) is 6.24. The van der Waals surface area contributed by atoms with Crippen molar-refractivity contribution < 1.29 is 14.3 Å². The van der Waals surface area contributed by atoms with Gasteiger partial charge in [0.15, 0.2) is 0 Å². The number of benzene rings is 1. The van der Waals surface area contributed by atoms with Crippen LogP contribution in [0.3, 0.4) is 0 Å². The van der Waals surface area contributed by atoms with Gasteiger partial charge in [-0.3, -0.25) is 4.79 Å². The van der Waals surface area contributed by atoms with Crippen LogP contribution >= 0.6 is 11.6 Å². The molecule has 0 aliphatic carbocycles. The maximum Gasteiger partial charge on any atom is 0.371 e. The number of hydrogen-bond donors (Lipinski definition) is 0. The van der Waals surface area contributed by atoms with Crippen molar-refractivity contribution in [3.8, 4) is 0 Å². The van der Waals surface area contributed by atoms with E-state index in [2.05, 4.69) is 4.74 Å². The number of halogens is 1. The lowest BCUT2D eigenvalue weighted by molar-refractivity contribution is -0.149. The van der Waals surface area contributed by atoms with E-state index in [1.165, 1.54) is 0 Å².